The van der Waals surface area contributed by atoms with Gasteiger partial charge in [-0.3, -0.25) is 0 Å². The molecule has 0 bridgehead atoms. The first-order chi connectivity index (χ1) is 15.6. The van der Waals surface area contributed by atoms with Crippen molar-refractivity contribution in [2.75, 3.05) is 13.2 Å². The van der Waals surface area contributed by atoms with Crippen LogP contribution < -0.4 is 14.8 Å². The van der Waals surface area contributed by atoms with Gasteiger partial charge in [0.1, 0.15) is 12.4 Å². The summed E-state index contributed by atoms with van der Waals surface area (Å²) < 4.78 is 12.8. The molecule has 0 spiro atoms. The zero-order valence-corrected chi connectivity index (χ0v) is 20.2. The number of nitrogens with zero attached hydrogens (tertiary/aromatic N) is 1. The number of nitrogens with one attached hydrogen (secondary N) is 2. The molecule has 4 aromatic rings. The van der Waals surface area contributed by atoms with E-state index in [1.807, 2.05) is 61.5 Å². The Balaban J connectivity index is 1.37. The second-order valence-corrected chi connectivity index (χ2v) is 8.61. The van der Waals surface area contributed by atoms with Gasteiger partial charge in [-0.05, 0) is 58.7 Å². The number of fused-ring (bicyclic) bond motifs is 1. The lowest BCUT2D eigenvalue weighted by molar-refractivity contribution is 0.267. The van der Waals surface area contributed by atoms with E-state index in [1.54, 1.807) is 0 Å². The van der Waals surface area contributed by atoms with Crippen molar-refractivity contribution >= 4 is 38.6 Å². The molecule has 1 aromatic heterocycles. The summed E-state index contributed by atoms with van der Waals surface area (Å²) in [6, 6.07) is 19.8. The van der Waals surface area contributed by atoms with E-state index < -0.39 is 0 Å². The zero-order valence-electron chi connectivity index (χ0n) is 17.8. The van der Waals surface area contributed by atoms with Crippen LogP contribution in [-0.4, -0.2) is 23.1 Å². The average molecular weight is 515 g/mol. The van der Waals surface area contributed by atoms with Gasteiger partial charge in [-0.2, -0.15) is 0 Å². The number of imidazole rings is 1. The van der Waals surface area contributed by atoms with Gasteiger partial charge in [-0.1, -0.05) is 41.9 Å². The first-order valence-electron chi connectivity index (χ1n) is 10.6. The first-order valence-corrected chi connectivity index (χ1v) is 11.8. The normalized spacial score (nSPS) is 11.1. The maximum absolute atomic E-state index is 6.26. The highest BCUT2D eigenvalue weighted by Crippen LogP contribution is 2.37. The van der Waals surface area contributed by atoms with Gasteiger partial charge in [0.05, 0.1) is 22.1 Å². The minimum Gasteiger partial charge on any atom is -0.490 e. The van der Waals surface area contributed by atoms with E-state index in [4.69, 9.17) is 21.1 Å². The molecule has 5 nitrogen and oxygen atoms in total. The summed E-state index contributed by atoms with van der Waals surface area (Å²) >= 11 is 9.90. The second-order valence-electron chi connectivity index (χ2n) is 7.35. The van der Waals surface area contributed by atoms with Gasteiger partial charge in [0, 0.05) is 30.1 Å². The molecular weight excluding hydrogens is 490 g/mol. The van der Waals surface area contributed by atoms with E-state index >= 15 is 0 Å². The lowest BCUT2D eigenvalue weighted by Gasteiger charge is -2.16. The van der Waals surface area contributed by atoms with Gasteiger partial charge >= 0.3 is 0 Å². The van der Waals surface area contributed by atoms with Crippen LogP contribution in [0.3, 0.4) is 0 Å². The third kappa shape index (κ3) is 5.63. The predicted molar refractivity (Wildman–Crippen MR) is 133 cm³/mol. The number of para-hydroxylation sites is 2. The topological polar surface area (TPSA) is 59.2 Å². The van der Waals surface area contributed by atoms with E-state index in [1.165, 1.54) is 0 Å². The molecule has 2 N–H and O–H groups in total. The summed E-state index contributed by atoms with van der Waals surface area (Å²) in [5.41, 5.74) is 4.11. The standard InChI is InChI=1S/C25H25BrClN3O2/c1-2-31-23-14-17(13-19(26)25(23)32-16-18-7-3-4-8-20(18)27)15-28-12-11-24-29-21-9-5-6-10-22(21)30-24/h3-10,13-14,28H,2,11-12,15-16H2,1H3,(H,29,30). The number of hydrogen-bond acceptors (Lipinski definition) is 4. The zero-order chi connectivity index (χ0) is 22.3. The van der Waals surface area contributed by atoms with Gasteiger partial charge in [0.2, 0.25) is 0 Å². The molecule has 1 heterocycles. The molecule has 0 aliphatic heterocycles. The van der Waals surface area contributed by atoms with Crippen LogP contribution in [0, 0.1) is 0 Å². The summed E-state index contributed by atoms with van der Waals surface area (Å²) in [6.45, 7) is 4.41. The van der Waals surface area contributed by atoms with Gasteiger partial charge in [0.15, 0.2) is 11.5 Å². The Hall–Kier alpha value is -2.54. The fourth-order valence-electron chi connectivity index (χ4n) is 3.46. The fourth-order valence-corrected chi connectivity index (χ4v) is 4.25. The number of rotatable bonds is 10. The minimum absolute atomic E-state index is 0.368. The van der Waals surface area contributed by atoms with Crippen LogP contribution in [0.2, 0.25) is 5.02 Å². The smallest absolute Gasteiger partial charge is 0.175 e. The molecule has 0 aliphatic rings. The van der Waals surface area contributed by atoms with Crippen LogP contribution in [-0.2, 0) is 19.6 Å². The van der Waals surface area contributed by atoms with Crippen molar-refractivity contribution in [1.29, 1.82) is 0 Å². The molecule has 0 atom stereocenters. The van der Waals surface area contributed by atoms with Crippen molar-refractivity contribution < 1.29 is 9.47 Å². The number of ether oxygens (including phenoxy) is 2. The molecule has 0 radical (unpaired) electrons. The SMILES string of the molecule is CCOc1cc(CNCCc2nc3ccccc3[nH]2)cc(Br)c1OCc1ccccc1Cl. The van der Waals surface area contributed by atoms with Crippen LogP contribution in [0.25, 0.3) is 11.0 Å². The lowest BCUT2D eigenvalue weighted by atomic mass is 10.2. The molecule has 32 heavy (non-hydrogen) atoms. The number of benzene rings is 3. The van der Waals surface area contributed by atoms with E-state index in [2.05, 4.69) is 37.3 Å². The molecule has 0 fully saturated rings. The Morgan fingerprint density at radius 1 is 1.06 bits per heavy atom. The molecule has 0 aliphatic carbocycles. The summed E-state index contributed by atoms with van der Waals surface area (Å²) in [4.78, 5) is 7.99. The lowest BCUT2D eigenvalue weighted by Crippen LogP contribution is -2.17. The first kappa shape index (κ1) is 22.6. The van der Waals surface area contributed by atoms with Crippen LogP contribution in [0.1, 0.15) is 23.9 Å². The quantitative estimate of drug-likeness (QED) is 0.244. The molecule has 4 rings (SSSR count). The molecule has 0 saturated carbocycles. The number of aromatic amines is 1. The number of halogens is 2. The van der Waals surface area contributed by atoms with E-state index in [0.29, 0.717) is 36.3 Å². The van der Waals surface area contributed by atoms with Gasteiger partial charge < -0.3 is 19.8 Å². The number of aromatic nitrogens is 2. The van der Waals surface area contributed by atoms with Crippen molar-refractivity contribution in [3.8, 4) is 11.5 Å². The van der Waals surface area contributed by atoms with Gasteiger partial charge in [0.25, 0.3) is 0 Å². The van der Waals surface area contributed by atoms with Crippen LogP contribution in [0.5, 0.6) is 11.5 Å². The summed E-state index contributed by atoms with van der Waals surface area (Å²) in [5.74, 6) is 2.37. The molecular formula is C25H25BrClN3O2. The number of H-pyrrole nitrogens is 1. The maximum atomic E-state index is 6.26. The molecule has 0 unspecified atom stereocenters. The van der Waals surface area contributed by atoms with E-state index in [0.717, 1.165) is 45.4 Å². The highest BCUT2D eigenvalue weighted by atomic mass is 79.9. The summed E-state index contributed by atoms with van der Waals surface area (Å²) in [5, 5.41) is 4.17. The maximum Gasteiger partial charge on any atom is 0.175 e. The van der Waals surface area contributed by atoms with Crippen molar-refractivity contribution in [2.45, 2.75) is 26.5 Å². The van der Waals surface area contributed by atoms with Gasteiger partial charge in [-0.15, -0.1) is 0 Å². The molecule has 3 aromatic carbocycles. The summed E-state index contributed by atoms with van der Waals surface area (Å²) in [7, 11) is 0. The van der Waals surface area contributed by atoms with E-state index in [-0.39, 0.29) is 0 Å². The van der Waals surface area contributed by atoms with Crippen LogP contribution >= 0.6 is 27.5 Å². The Labute approximate surface area is 201 Å². The third-order valence-electron chi connectivity index (χ3n) is 5.01. The minimum atomic E-state index is 0.368. The Morgan fingerprint density at radius 2 is 1.88 bits per heavy atom. The Kier molecular flexibility index (Phi) is 7.68. The predicted octanol–water partition coefficient (Wildman–Crippen LogP) is 6.29. The van der Waals surface area contributed by atoms with Crippen molar-refractivity contribution in [3.63, 3.8) is 0 Å². The highest BCUT2D eigenvalue weighted by molar-refractivity contribution is 9.10. The van der Waals surface area contributed by atoms with Crippen LogP contribution in [0.4, 0.5) is 0 Å². The van der Waals surface area contributed by atoms with Crippen molar-refractivity contribution in [1.82, 2.24) is 15.3 Å². The molecule has 0 saturated heterocycles. The number of hydrogen-bond donors (Lipinski definition) is 2. The largest absolute Gasteiger partial charge is 0.490 e. The van der Waals surface area contributed by atoms with Gasteiger partial charge in [-0.25, -0.2) is 4.98 Å². The van der Waals surface area contributed by atoms with Crippen molar-refractivity contribution in [3.05, 3.63) is 87.1 Å². The molecule has 7 heteroatoms. The Morgan fingerprint density at radius 3 is 2.69 bits per heavy atom. The highest BCUT2D eigenvalue weighted by Gasteiger charge is 2.13. The second kappa shape index (κ2) is 10.9. The van der Waals surface area contributed by atoms with Crippen molar-refractivity contribution in [2.24, 2.45) is 0 Å². The third-order valence-corrected chi connectivity index (χ3v) is 5.96. The average Bonchev–Trinajstić information content (AvgIpc) is 3.20. The monoisotopic (exact) mass is 513 g/mol. The van der Waals surface area contributed by atoms with E-state index in [9.17, 15) is 0 Å². The Bertz CT molecular complexity index is 1160. The molecule has 0 amide bonds. The molecule has 166 valence electrons. The summed E-state index contributed by atoms with van der Waals surface area (Å²) in [6.07, 6.45) is 0.827. The van der Waals surface area contributed by atoms with Crippen LogP contribution in [0.15, 0.2) is 65.1 Å². The fraction of sp³-hybridized carbons (Fsp3) is 0.240.